The van der Waals surface area contributed by atoms with Gasteiger partial charge in [-0.3, -0.25) is 0 Å². The Morgan fingerprint density at radius 3 is 2.23 bits per heavy atom. The Kier molecular flexibility index (Phi) is 5.28. The van der Waals surface area contributed by atoms with Crippen LogP contribution in [0.3, 0.4) is 0 Å². The van der Waals surface area contributed by atoms with Crippen molar-refractivity contribution >= 4 is 27.6 Å². The molecule has 1 saturated heterocycles. The summed E-state index contributed by atoms with van der Waals surface area (Å²) in [7, 11) is 0.389. The van der Waals surface area contributed by atoms with Crippen LogP contribution in [-0.4, -0.2) is 51.7 Å². The SMILES string of the molecule is COc1ccc(NC=C2C(=O)OC(C)(C)OC2=O)cc1S(=O)(=O)N(C)C. The molecule has 1 aliphatic rings. The van der Waals surface area contributed by atoms with Crippen molar-refractivity contribution in [3.8, 4) is 5.75 Å². The Hall–Kier alpha value is -2.59. The van der Waals surface area contributed by atoms with Gasteiger partial charge in [0.05, 0.1) is 7.11 Å². The molecule has 1 fully saturated rings. The van der Waals surface area contributed by atoms with Gasteiger partial charge in [0.2, 0.25) is 10.0 Å². The van der Waals surface area contributed by atoms with Crippen molar-refractivity contribution in [1.82, 2.24) is 4.31 Å². The summed E-state index contributed by atoms with van der Waals surface area (Å²) < 4.78 is 40.9. The lowest BCUT2D eigenvalue weighted by Crippen LogP contribution is -2.42. The van der Waals surface area contributed by atoms with E-state index in [0.717, 1.165) is 10.5 Å². The second-order valence-corrected chi connectivity index (χ2v) is 8.15. The van der Waals surface area contributed by atoms with Gasteiger partial charge < -0.3 is 19.5 Å². The Labute approximate surface area is 151 Å². The highest BCUT2D eigenvalue weighted by Gasteiger charge is 2.39. The fourth-order valence-electron chi connectivity index (χ4n) is 2.10. The van der Waals surface area contributed by atoms with Gasteiger partial charge in [-0.2, -0.15) is 0 Å². The lowest BCUT2D eigenvalue weighted by molar-refractivity contribution is -0.222. The van der Waals surface area contributed by atoms with Crippen molar-refractivity contribution in [1.29, 1.82) is 0 Å². The number of esters is 2. The van der Waals surface area contributed by atoms with Crippen molar-refractivity contribution in [2.75, 3.05) is 26.5 Å². The summed E-state index contributed by atoms with van der Waals surface area (Å²) in [5.41, 5.74) is -0.0127. The van der Waals surface area contributed by atoms with E-state index < -0.39 is 27.7 Å². The molecule has 1 heterocycles. The molecule has 0 spiro atoms. The molecule has 9 nitrogen and oxygen atoms in total. The molecule has 0 radical (unpaired) electrons. The van der Waals surface area contributed by atoms with E-state index in [1.807, 2.05) is 0 Å². The Balaban J connectivity index is 2.34. The van der Waals surface area contributed by atoms with Crippen LogP contribution in [0.4, 0.5) is 5.69 Å². The third-order valence-electron chi connectivity index (χ3n) is 3.42. The Morgan fingerprint density at radius 1 is 1.15 bits per heavy atom. The number of anilines is 1. The minimum absolute atomic E-state index is 0.0664. The standard InChI is InChI=1S/C16H20N2O7S/c1-16(2)24-14(19)11(15(20)25-16)9-17-10-6-7-12(23-5)13(8-10)26(21,22)18(3)4/h6-9,17H,1-5H3. The molecular weight excluding hydrogens is 364 g/mol. The molecule has 1 N–H and O–H groups in total. The van der Waals surface area contributed by atoms with E-state index in [4.69, 9.17) is 14.2 Å². The van der Waals surface area contributed by atoms with Crippen LogP contribution >= 0.6 is 0 Å². The predicted molar refractivity (Wildman–Crippen MR) is 91.8 cm³/mol. The molecule has 0 amide bonds. The predicted octanol–water partition coefficient (Wildman–Crippen LogP) is 1.08. The van der Waals surface area contributed by atoms with Crippen LogP contribution in [0.2, 0.25) is 0 Å². The number of carbonyl (C=O) groups is 2. The number of hydrogen-bond acceptors (Lipinski definition) is 8. The molecule has 1 aromatic carbocycles. The highest BCUT2D eigenvalue weighted by molar-refractivity contribution is 7.89. The van der Waals surface area contributed by atoms with Crippen LogP contribution in [0, 0.1) is 0 Å². The van der Waals surface area contributed by atoms with Gasteiger partial charge in [0.25, 0.3) is 5.79 Å². The lowest BCUT2D eigenvalue weighted by atomic mass is 10.2. The van der Waals surface area contributed by atoms with Gasteiger partial charge in [-0.25, -0.2) is 22.3 Å². The zero-order valence-corrected chi connectivity index (χ0v) is 15.8. The summed E-state index contributed by atoms with van der Waals surface area (Å²) in [5.74, 6) is -2.85. The van der Waals surface area contributed by atoms with Crippen LogP contribution in [0.1, 0.15) is 13.8 Å². The number of rotatable bonds is 5. The number of hydrogen-bond donors (Lipinski definition) is 1. The second kappa shape index (κ2) is 6.96. The Bertz CT molecular complexity index is 851. The topological polar surface area (TPSA) is 111 Å². The van der Waals surface area contributed by atoms with E-state index in [2.05, 4.69) is 5.32 Å². The summed E-state index contributed by atoms with van der Waals surface area (Å²) in [5, 5.41) is 2.70. The zero-order valence-electron chi connectivity index (χ0n) is 15.0. The van der Waals surface area contributed by atoms with Crippen molar-refractivity contribution in [2.45, 2.75) is 24.5 Å². The van der Waals surface area contributed by atoms with Crippen molar-refractivity contribution in [3.63, 3.8) is 0 Å². The van der Waals surface area contributed by atoms with Crippen LogP contribution < -0.4 is 10.1 Å². The summed E-state index contributed by atoms with van der Waals surface area (Å²) in [6.45, 7) is 2.88. The maximum Gasteiger partial charge on any atom is 0.350 e. The molecule has 10 heteroatoms. The van der Waals surface area contributed by atoms with E-state index in [1.165, 1.54) is 53.3 Å². The molecule has 0 saturated carbocycles. The fourth-order valence-corrected chi connectivity index (χ4v) is 3.17. The average molecular weight is 384 g/mol. The van der Waals surface area contributed by atoms with Crippen LogP contribution in [0.25, 0.3) is 0 Å². The largest absolute Gasteiger partial charge is 0.495 e. The van der Waals surface area contributed by atoms with Crippen molar-refractivity contribution in [2.24, 2.45) is 0 Å². The van der Waals surface area contributed by atoms with Gasteiger partial charge in [0.15, 0.2) is 5.57 Å². The average Bonchev–Trinajstić information content (AvgIpc) is 2.52. The molecule has 0 bridgehead atoms. The van der Waals surface area contributed by atoms with E-state index in [-0.39, 0.29) is 16.2 Å². The first-order valence-corrected chi connectivity index (χ1v) is 8.96. The number of methoxy groups -OCH3 is 1. The molecule has 0 atom stereocenters. The molecule has 142 valence electrons. The summed E-state index contributed by atoms with van der Waals surface area (Å²) >= 11 is 0. The van der Waals surface area contributed by atoms with Crippen molar-refractivity contribution < 1.29 is 32.2 Å². The molecule has 0 unspecified atom stereocenters. The quantitative estimate of drug-likeness (QED) is 0.456. The second-order valence-electron chi connectivity index (χ2n) is 6.03. The highest BCUT2D eigenvalue weighted by Crippen LogP contribution is 2.29. The van der Waals surface area contributed by atoms with Gasteiger partial charge in [0.1, 0.15) is 10.6 Å². The summed E-state index contributed by atoms with van der Waals surface area (Å²) in [6.07, 6.45) is 1.10. The van der Waals surface area contributed by atoms with E-state index in [0.29, 0.717) is 5.69 Å². The van der Waals surface area contributed by atoms with E-state index in [9.17, 15) is 18.0 Å². The van der Waals surface area contributed by atoms with E-state index >= 15 is 0 Å². The van der Waals surface area contributed by atoms with Crippen molar-refractivity contribution in [3.05, 3.63) is 30.0 Å². The number of nitrogens with zero attached hydrogens (tertiary/aromatic N) is 1. The molecule has 0 aliphatic carbocycles. The van der Waals surface area contributed by atoms with Gasteiger partial charge in [-0.1, -0.05) is 0 Å². The fraction of sp³-hybridized carbons (Fsp3) is 0.375. The molecular formula is C16H20N2O7S. The maximum atomic E-state index is 12.4. The summed E-state index contributed by atoms with van der Waals surface area (Å²) in [6, 6.07) is 4.32. The molecule has 2 rings (SSSR count). The van der Waals surface area contributed by atoms with Crippen LogP contribution in [0.15, 0.2) is 34.9 Å². The van der Waals surface area contributed by atoms with Gasteiger partial charge in [-0.05, 0) is 18.2 Å². The number of nitrogens with one attached hydrogen (secondary N) is 1. The number of cyclic esters (lactones) is 2. The maximum absolute atomic E-state index is 12.4. The third kappa shape index (κ3) is 3.97. The monoisotopic (exact) mass is 384 g/mol. The Morgan fingerprint density at radius 2 is 1.73 bits per heavy atom. The van der Waals surface area contributed by atoms with Gasteiger partial charge >= 0.3 is 11.9 Å². The number of ether oxygens (including phenoxy) is 3. The molecule has 1 aromatic rings. The minimum Gasteiger partial charge on any atom is -0.495 e. The van der Waals surface area contributed by atoms with Crippen LogP contribution in [0.5, 0.6) is 5.75 Å². The zero-order chi connectivity index (χ0) is 19.7. The first kappa shape index (κ1) is 19.7. The smallest absolute Gasteiger partial charge is 0.350 e. The number of sulfonamides is 1. The normalized spacial score (nSPS) is 16.8. The van der Waals surface area contributed by atoms with E-state index in [1.54, 1.807) is 0 Å². The summed E-state index contributed by atoms with van der Waals surface area (Å²) in [4.78, 5) is 23.7. The first-order chi connectivity index (χ1) is 12.0. The molecule has 26 heavy (non-hydrogen) atoms. The molecule has 0 aromatic heterocycles. The third-order valence-corrected chi connectivity index (χ3v) is 5.26. The first-order valence-electron chi connectivity index (χ1n) is 7.52. The lowest BCUT2D eigenvalue weighted by Gasteiger charge is -2.29. The highest BCUT2D eigenvalue weighted by atomic mass is 32.2. The minimum atomic E-state index is -3.76. The van der Waals surface area contributed by atoms with Gasteiger partial charge in [0, 0.05) is 39.8 Å². The van der Waals surface area contributed by atoms with Gasteiger partial charge in [-0.15, -0.1) is 0 Å². The number of benzene rings is 1. The number of carbonyl (C=O) groups excluding carboxylic acids is 2. The molecule has 1 aliphatic heterocycles. The van der Waals surface area contributed by atoms with Crippen LogP contribution in [-0.2, 0) is 29.1 Å².